The van der Waals surface area contributed by atoms with Gasteiger partial charge in [0.05, 0.1) is 18.1 Å². The summed E-state index contributed by atoms with van der Waals surface area (Å²) < 4.78 is 0. The van der Waals surface area contributed by atoms with Crippen molar-refractivity contribution >= 4 is 34.9 Å². The van der Waals surface area contributed by atoms with E-state index in [-0.39, 0.29) is 24.6 Å². The molecule has 0 fully saturated rings. The third-order valence-electron chi connectivity index (χ3n) is 1.63. The molecule has 0 spiro atoms. The molecule has 0 aromatic rings. The first-order chi connectivity index (χ1) is 7.38. The summed E-state index contributed by atoms with van der Waals surface area (Å²) in [6.45, 7) is 1.48. The van der Waals surface area contributed by atoms with Crippen molar-refractivity contribution < 1.29 is 14.4 Å². The van der Waals surface area contributed by atoms with Crippen LogP contribution in [0.25, 0.3) is 0 Å². The standard InChI is InChI=1S/C8H14N4O3S/c1-2-12(4-5(9)13)8(15)7(14)11-3-6(10)16/h2-4H2,1H3,(H2,9,13)(H2,10,16)(H,11,14). The number of thiocarbonyl (C=S) groups is 1. The van der Waals surface area contributed by atoms with Crippen molar-refractivity contribution in [2.24, 2.45) is 11.5 Å². The van der Waals surface area contributed by atoms with Crippen molar-refractivity contribution in [3.8, 4) is 0 Å². The second-order valence-electron chi connectivity index (χ2n) is 2.93. The Morgan fingerprint density at radius 2 is 1.88 bits per heavy atom. The lowest BCUT2D eigenvalue weighted by atomic mass is 10.4. The molecule has 0 aliphatic carbocycles. The Morgan fingerprint density at radius 3 is 2.25 bits per heavy atom. The van der Waals surface area contributed by atoms with Crippen molar-refractivity contribution in [3.63, 3.8) is 0 Å². The highest BCUT2D eigenvalue weighted by molar-refractivity contribution is 7.80. The van der Waals surface area contributed by atoms with Crippen LogP contribution >= 0.6 is 12.2 Å². The normalized spacial score (nSPS) is 9.31. The highest BCUT2D eigenvalue weighted by Gasteiger charge is 2.21. The van der Waals surface area contributed by atoms with Crippen molar-refractivity contribution in [3.05, 3.63) is 0 Å². The first-order valence-electron chi connectivity index (χ1n) is 4.52. The van der Waals surface area contributed by atoms with E-state index in [2.05, 4.69) is 17.5 Å². The molecule has 5 N–H and O–H groups in total. The van der Waals surface area contributed by atoms with Crippen molar-refractivity contribution in [1.82, 2.24) is 10.2 Å². The Labute approximate surface area is 98.1 Å². The van der Waals surface area contributed by atoms with Crippen LogP contribution in [0.3, 0.4) is 0 Å². The minimum Gasteiger partial charge on any atom is -0.392 e. The zero-order valence-electron chi connectivity index (χ0n) is 8.86. The van der Waals surface area contributed by atoms with Crippen LogP contribution in [-0.2, 0) is 14.4 Å². The molecule has 0 atom stereocenters. The summed E-state index contributed by atoms with van der Waals surface area (Å²) in [6, 6.07) is 0. The molecule has 0 saturated heterocycles. The van der Waals surface area contributed by atoms with Crippen molar-refractivity contribution in [1.29, 1.82) is 0 Å². The van der Waals surface area contributed by atoms with Crippen LogP contribution in [0.2, 0.25) is 0 Å². The zero-order valence-corrected chi connectivity index (χ0v) is 9.67. The number of likely N-dealkylation sites (N-methyl/N-ethyl adjacent to an activating group) is 1. The summed E-state index contributed by atoms with van der Waals surface area (Å²) >= 11 is 4.53. The number of nitrogens with two attached hydrogens (primary N) is 2. The van der Waals surface area contributed by atoms with Crippen LogP contribution in [0, 0.1) is 0 Å². The smallest absolute Gasteiger partial charge is 0.312 e. The van der Waals surface area contributed by atoms with Gasteiger partial charge >= 0.3 is 11.8 Å². The van der Waals surface area contributed by atoms with E-state index in [0.29, 0.717) is 0 Å². The Bertz CT molecular complexity index is 318. The van der Waals surface area contributed by atoms with E-state index in [1.807, 2.05) is 0 Å². The van der Waals surface area contributed by atoms with Crippen molar-refractivity contribution in [2.75, 3.05) is 19.6 Å². The first-order valence-corrected chi connectivity index (χ1v) is 4.93. The molecule has 0 aromatic carbocycles. The highest BCUT2D eigenvalue weighted by Crippen LogP contribution is 1.89. The second-order valence-corrected chi connectivity index (χ2v) is 3.46. The number of primary amides is 1. The number of carbonyl (C=O) groups excluding carboxylic acids is 3. The number of carbonyl (C=O) groups is 3. The summed E-state index contributed by atoms with van der Waals surface area (Å²) in [5, 5.41) is 2.22. The van der Waals surface area contributed by atoms with Crippen molar-refractivity contribution in [2.45, 2.75) is 6.92 Å². The fourth-order valence-electron chi connectivity index (χ4n) is 0.902. The average molecular weight is 246 g/mol. The van der Waals surface area contributed by atoms with Gasteiger partial charge in [-0.3, -0.25) is 14.4 Å². The number of rotatable bonds is 5. The van der Waals surface area contributed by atoms with Gasteiger partial charge in [0, 0.05) is 6.54 Å². The van der Waals surface area contributed by atoms with E-state index in [1.165, 1.54) is 0 Å². The van der Waals surface area contributed by atoms with Gasteiger partial charge in [-0.1, -0.05) is 12.2 Å². The number of nitrogens with zero attached hydrogens (tertiary/aromatic N) is 1. The predicted molar refractivity (Wildman–Crippen MR) is 61.2 cm³/mol. The number of nitrogens with one attached hydrogen (secondary N) is 1. The fourth-order valence-corrected chi connectivity index (χ4v) is 0.974. The van der Waals surface area contributed by atoms with Crippen LogP contribution in [0.5, 0.6) is 0 Å². The number of amides is 3. The van der Waals surface area contributed by atoms with Gasteiger partial charge in [-0.15, -0.1) is 0 Å². The minimum absolute atomic E-state index is 0.0615. The summed E-state index contributed by atoms with van der Waals surface area (Å²) in [7, 11) is 0. The van der Waals surface area contributed by atoms with Crippen LogP contribution in [0.4, 0.5) is 0 Å². The van der Waals surface area contributed by atoms with Gasteiger partial charge in [0.2, 0.25) is 5.91 Å². The Morgan fingerprint density at radius 1 is 1.31 bits per heavy atom. The molecule has 0 heterocycles. The molecular formula is C8H14N4O3S. The summed E-state index contributed by atoms with van der Waals surface area (Å²) in [5.41, 5.74) is 10.1. The monoisotopic (exact) mass is 246 g/mol. The van der Waals surface area contributed by atoms with E-state index in [9.17, 15) is 14.4 Å². The van der Waals surface area contributed by atoms with E-state index >= 15 is 0 Å². The predicted octanol–water partition coefficient (Wildman–Crippen LogP) is -2.28. The van der Waals surface area contributed by atoms with Gasteiger partial charge < -0.3 is 21.7 Å². The minimum atomic E-state index is -0.865. The third kappa shape index (κ3) is 5.25. The molecule has 0 saturated carbocycles. The topological polar surface area (TPSA) is 119 Å². The van der Waals surface area contributed by atoms with Crippen LogP contribution in [-0.4, -0.2) is 47.2 Å². The van der Waals surface area contributed by atoms with Gasteiger partial charge in [-0.25, -0.2) is 0 Å². The molecule has 0 aromatic heterocycles. The second kappa shape index (κ2) is 6.72. The van der Waals surface area contributed by atoms with Gasteiger partial charge in [-0.2, -0.15) is 0 Å². The van der Waals surface area contributed by atoms with Crippen LogP contribution < -0.4 is 16.8 Å². The molecule has 0 aliphatic heterocycles. The molecule has 0 aliphatic rings. The molecule has 8 heteroatoms. The van der Waals surface area contributed by atoms with E-state index in [0.717, 1.165) is 4.90 Å². The van der Waals surface area contributed by atoms with Gasteiger partial charge in [0.1, 0.15) is 0 Å². The lowest BCUT2D eigenvalue weighted by Gasteiger charge is -2.17. The fraction of sp³-hybridized carbons (Fsp3) is 0.500. The summed E-state index contributed by atoms with van der Waals surface area (Å²) in [5.74, 6) is -2.38. The molecular weight excluding hydrogens is 232 g/mol. The maximum atomic E-state index is 11.4. The van der Waals surface area contributed by atoms with Gasteiger partial charge in [0.15, 0.2) is 0 Å². The third-order valence-corrected chi connectivity index (χ3v) is 1.78. The van der Waals surface area contributed by atoms with Crippen LogP contribution in [0.1, 0.15) is 6.92 Å². The molecule has 16 heavy (non-hydrogen) atoms. The Hall–Kier alpha value is -1.70. The first kappa shape index (κ1) is 14.3. The summed E-state index contributed by atoms with van der Waals surface area (Å²) in [6.07, 6.45) is 0. The maximum Gasteiger partial charge on any atom is 0.312 e. The SMILES string of the molecule is CCN(CC(N)=O)C(=O)C(=O)NCC(N)=S. The van der Waals surface area contributed by atoms with Gasteiger partial charge in [0.25, 0.3) is 0 Å². The molecule has 90 valence electrons. The molecule has 0 rings (SSSR count). The molecule has 0 unspecified atom stereocenters. The van der Waals surface area contributed by atoms with Gasteiger partial charge in [-0.05, 0) is 6.92 Å². The van der Waals surface area contributed by atoms with Crippen LogP contribution in [0.15, 0.2) is 0 Å². The quantitative estimate of drug-likeness (QED) is 0.373. The molecule has 3 amide bonds. The zero-order chi connectivity index (χ0) is 12.7. The molecule has 7 nitrogen and oxygen atoms in total. The lowest BCUT2D eigenvalue weighted by molar-refractivity contribution is -0.146. The Balaban J connectivity index is 4.33. The number of hydrogen-bond acceptors (Lipinski definition) is 4. The van der Waals surface area contributed by atoms with E-state index in [1.54, 1.807) is 6.92 Å². The van der Waals surface area contributed by atoms with E-state index < -0.39 is 17.7 Å². The van der Waals surface area contributed by atoms with E-state index in [4.69, 9.17) is 11.5 Å². The average Bonchev–Trinajstić information content (AvgIpc) is 2.21. The maximum absolute atomic E-state index is 11.4. The number of hydrogen-bond donors (Lipinski definition) is 3. The summed E-state index contributed by atoms with van der Waals surface area (Å²) in [4.78, 5) is 34.4. The molecule has 0 bridgehead atoms. The molecule has 0 radical (unpaired) electrons. The largest absolute Gasteiger partial charge is 0.392 e. The lowest BCUT2D eigenvalue weighted by Crippen LogP contribution is -2.47. The Kier molecular flexibility index (Phi) is 6.01. The highest BCUT2D eigenvalue weighted by atomic mass is 32.1.